The van der Waals surface area contributed by atoms with Gasteiger partial charge in [0.2, 0.25) is 0 Å². The van der Waals surface area contributed by atoms with Gasteiger partial charge in [0.1, 0.15) is 0 Å². The van der Waals surface area contributed by atoms with Crippen molar-refractivity contribution < 1.29 is 14.3 Å². The number of nitrogens with one attached hydrogen (secondary N) is 1. The molecule has 0 aliphatic heterocycles. The molecule has 0 radical (unpaired) electrons. The number of nitrogens with zero attached hydrogens (tertiary/aromatic N) is 2. The number of carbonyl (C=O) groups excluding carboxylic acids is 2. The van der Waals surface area contributed by atoms with Crippen LogP contribution in [0.4, 0.5) is 0 Å². The maximum absolute atomic E-state index is 12.3. The van der Waals surface area contributed by atoms with E-state index in [4.69, 9.17) is 4.74 Å². The summed E-state index contributed by atoms with van der Waals surface area (Å²) < 4.78 is 6.48. The number of rotatable bonds is 7. The van der Waals surface area contributed by atoms with Gasteiger partial charge in [-0.1, -0.05) is 12.1 Å². The van der Waals surface area contributed by atoms with E-state index in [2.05, 4.69) is 10.4 Å². The lowest BCUT2D eigenvalue weighted by Crippen LogP contribution is -2.26. The fourth-order valence-electron chi connectivity index (χ4n) is 2.04. The number of carbonyl (C=O) groups is 2. The summed E-state index contributed by atoms with van der Waals surface area (Å²) in [4.78, 5) is 23.5. The van der Waals surface area contributed by atoms with Gasteiger partial charge >= 0.3 is 5.97 Å². The zero-order valence-corrected chi connectivity index (χ0v) is 12.5. The van der Waals surface area contributed by atoms with Crippen molar-refractivity contribution in [2.75, 3.05) is 13.2 Å². The molecule has 0 bridgehead atoms. The lowest BCUT2D eigenvalue weighted by Gasteiger charge is -2.10. The Morgan fingerprint density at radius 2 is 2.09 bits per heavy atom. The van der Waals surface area contributed by atoms with Crippen molar-refractivity contribution in [2.45, 2.75) is 19.8 Å². The van der Waals surface area contributed by atoms with E-state index < -0.39 is 0 Å². The van der Waals surface area contributed by atoms with Gasteiger partial charge in [0.15, 0.2) is 0 Å². The second-order valence-corrected chi connectivity index (χ2v) is 4.63. The van der Waals surface area contributed by atoms with Gasteiger partial charge in [-0.05, 0) is 31.5 Å². The summed E-state index contributed by atoms with van der Waals surface area (Å²) in [7, 11) is 0. The maximum atomic E-state index is 12.3. The molecule has 0 aliphatic rings. The maximum Gasteiger partial charge on any atom is 0.305 e. The van der Waals surface area contributed by atoms with Gasteiger partial charge in [0.25, 0.3) is 5.91 Å². The van der Waals surface area contributed by atoms with Gasteiger partial charge in [-0.2, -0.15) is 5.10 Å². The van der Waals surface area contributed by atoms with Crippen LogP contribution in [-0.4, -0.2) is 34.8 Å². The van der Waals surface area contributed by atoms with E-state index >= 15 is 0 Å². The highest BCUT2D eigenvalue weighted by molar-refractivity contribution is 5.97. The number of hydrogen-bond donors (Lipinski definition) is 1. The Bertz CT molecular complexity index is 623. The third-order valence-corrected chi connectivity index (χ3v) is 3.05. The van der Waals surface area contributed by atoms with Crippen molar-refractivity contribution in [1.82, 2.24) is 15.1 Å². The molecule has 1 aromatic carbocycles. The molecule has 0 saturated carbocycles. The van der Waals surface area contributed by atoms with E-state index in [0.29, 0.717) is 31.6 Å². The first-order chi connectivity index (χ1) is 10.7. The van der Waals surface area contributed by atoms with E-state index in [1.807, 2.05) is 12.1 Å². The lowest BCUT2D eigenvalue weighted by atomic mass is 10.1. The third-order valence-electron chi connectivity index (χ3n) is 3.05. The molecule has 22 heavy (non-hydrogen) atoms. The van der Waals surface area contributed by atoms with E-state index in [1.165, 1.54) is 0 Å². The smallest absolute Gasteiger partial charge is 0.305 e. The van der Waals surface area contributed by atoms with E-state index in [-0.39, 0.29) is 11.9 Å². The van der Waals surface area contributed by atoms with Crippen LogP contribution in [0.3, 0.4) is 0 Å². The topological polar surface area (TPSA) is 73.2 Å². The number of amides is 1. The predicted octanol–water partition coefficient (Wildman–Crippen LogP) is 1.95. The minimum atomic E-state index is -0.242. The normalized spacial score (nSPS) is 10.2. The van der Waals surface area contributed by atoms with Crippen LogP contribution in [0.5, 0.6) is 0 Å². The molecule has 0 unspecified atom stereocenters. The average molecular weight is 301 g/mol. The van der Waals surface area contributed by atoms with Crippen LogP contribution in [0, 0.1) is 0 Å². The van der Waals surface area contributed by atoms with Gasteiger partial charge in [-0.3, -0.25) is 9.59 Å². The van der Waals surface area contributed by atoms with Crippen LogP contribution >= 0.6 is 0 Å². The summed E-state index contributed by atoms with van der Waals surface area (Å²) in [5.74, 6) is -0.427. The van der Waals surface area contributed by atoms with Gasteiger partial charge in [0.05, 0.1) is 17.9 Å². The molecule has 116 valence electrons. The van der Waals surface area contributed by atoms with Crippen LogP contribution in [0.2, 0.25) is 0 Å². The molecule has 2 rings (SSSR count). The zero-order valence-electron chi connectivity index (χ0n) is 12.5. The molecule has 0 saturated heterocycles. The number of esters is 1. The molecule has 1 aromatic heterocycles. The largest absolute Gasteiger partial charge is 0.466 e. The van der Waals surface area contributed by atoms with Crippen molar-refractivity contribution in [3.63, 3.8) is 0 Å². The summed E-state index contributed by atoms with van der Waals surface area (Å²) >= 11 is 0. The first kappa shape index (κ1) is 15.8. The second-order valence-electron chi connectivity index (χ2n) is 4.63. The molecule has 0 atom stereocenters. The molecule has 0 fully saturated rings. The SMILES string of the molecule is CCOC(=O)CCCNC(=O)c1ccccc1-n1cccn1. The fraction of sp³-hybridized carbons (Fsp3) is 0.312. The quantitative estimate of drug-likeness (QED) is 0.626. The number of ether oxygens (including phenoxy) is 1. The molecule has 1 N–H and O–H groups in total. The van der Waals surface area contributed by atoms with Gasteiger partial charge in [-0.15, -0.1) is 0 Å². The Hall–Kier alpha value is -2.63. The minimum absolute atomic E-state index is 0.185. The Morgan fingerprint density at radius 3 is 2.82 bits per heavy atom. The van der Waals surface area contributed by atoms with Crippen molar-refractivity contribution in [3.8, 4) is 5.69 Å². The highest BCUT2D eigenvalue weighted by Crippen LogP contribution is 2.13. The molecular weight excluding hydrogens is 282 g/mol. The van der Waals surface area contributed by atoms with Crippen LogP contribution in [-0.2, 0) is 9.53 Å². The molecule has 6 nitrogen and oxygen atoms in total. The van der Waals surface area contributed by atoms with E-state index in [1.54, 1.807) is 42.2 Å². The first-order valence-corrected chi connectivity index (χ1v) is 7.25. The molecule has 2 aromatic rings. The lowest BCUT2D eigenvalue weighted by molar-refractivity contribution is -0.143. The average Bonchev–Trinajstić information content (AvgIpc) is 3.06. The predicted molar refractivity (Wildman–Crippen MR) is 81.8 cm³/mol. The van der Waals surface area contributed by atoms with Crippen LogP contribution in [0.15, 0.2) is 42.7 Å². The highest BCUT2D eigenvalue weighted by atomic mass is 16.5. The van der Waals surface area contributed by atoms with Crippen LogP contribution in [0.25, 0.3) is 5.69 Å². The highest BCUT2D eigenvalue weighted by Gasteiger charge is 2.12. The molecule has 1 amide bonds. The Labute approximate surface area is 129 Å². The van der Waals surface area contributed by atoms with Crippen molar-refractivity contribution in [3.05, 3.63) is 48.3 Å². The number of benzene rings is 1. The summed E-state index contributed by atoms with van der Waals surface area (Å²) in [6, 6.07) is 9.04. The van der Waals surface area contributed by atoms with Crippen LogP contribution < -0.4 is 5.32 Å². The number of para-hydroxylation sites is 1. The van der Waals surface area contributed by atoms with Gasteiger partial charge in [0, 0.05) is 25.4 Å². The summed E-state index contributed by atoms with van der Waals surface area (Å²) in [6.07, 6.45) is 4.30. The van der Waals surface area contributed by atoms with Crippen molar-refractivity contribution in [2.24, 2.45) is 0 Å². The van der Waals surface area contributed by atoms with Crippen LogP contribution in [0.1, 0.15) is 30.1 Å². The van der Waals surface area contributed by atoms with Gasteiger partial charge in [-0.25, -0.2) is 4.68 Å². The first-order valence-electron chi connectivity index (χ1n) is 7.25. The minimum Gasteiger partial charge on any atom is -0.466 e. The summed E-state index contributed by atoms with van der Waals surface area (Å²) in [6.45, 7) is 2.57. The molecule has 0 spiro atoms. The number of hydrogen-bond acceptors (Lipinski definition) is 4. The second kappa shape index (κ2) is 7.97. The molecule has 0 aliphatic carbocycles. The van der Waals surface area contributed by atoms with Gasteiger partial charge < -0.3 is 10.1 Å². The molecule has 1 heterocycles. The monoisotopic (exact) mass is 301 g/mol. The Balaban J connectivity index is 1.92. The summed E-state index contributed by atoms with van der Waals surface area (Å²) in [5, 5.41) is 6.96. The standard InChI is InChI=1S/C16H19N3O3/c1-2-22-15(20)9-5-10-17-16(21)13-7-3-4-8-14(13)19-12-6-11-18-19/h3-4,6-8,11-12H,2,5,9-10H2,1H3,(H,17,21). The van der Waals surface area contributed by atoms with E-state index in [0.717, 1.165) is 5.69 Å². The zero-order chi connectivity index (χ0) is 15.8. The fourth-order valence-corrected chi connectivity index (χ4v) is 2.04. The number of aromatic nitrogens is 2. The van der Waals surface area contributed by atoms with Crippen molar-refractivity contribution in [1.29, 1.82) is 0 Å². The third kappa shape index (κ3) is 4.18. The summed E-state index contributed by atoms with van der Waals surface area (Å²) in [5.41, 5.74) is 1.26. The molecular formula is C16H19N3O3. The Kier molecular flexibility index (Phi) is 5.71. The molecule has 6 heteroatoms. The van der Waals surface area contributed by atoms with Crippen molar-refractivity contribution >= 4 is 11.9 Å². The van der Waals surface area contributed by atoms with E-state index in [9.17, 15) is 9.59 Å². The Morgan fingerprint density at radius 1 is 1.27 bits per heavy atom.